The number of rotatable bonds is 9. The summed E-state index contributed by atoms with van der Waals surface area (Å²) in [6.07, 6.45) is 3.39. The zero-order chi connectivity index (χ0) is 14.1. The Morgan fingerprint density at radius 1 is 1.26 bits per heavy atom. The number of halogens is 1. The molecule has 1 aromatic carbocycles. The molecule has 0 amide bonds. The fraction of sp³-hybridized carbons (Fsp3) is 0.600. The zero-order valence-electron chi connectivity index (χ0n) is 11.8. The first-order valence-corrected chi connectivity index (χ1v) is 6.83. The molecular weight excluding hydrogens is 245 g/mol. The van der Waals surface area contributed by atoms with Crippen molar-refractivity contribution < 1.29 is 13.9 Å². The molecule has 0 fully saturated rings. The highest BCUT2D eigenvalue weighted by atomic mass is 19.1. The normalized spacial score (nSPS) is 12.4. The highest BCUT2D eigenvalue weighted by Crippen LogP contribution is 2.22. The summed E-state index contributed by atoms with van der Waals surface area (Å²) in [6, 6.07) is 4.66. The van der Waals surface area contributed by atoms with Crippen LogP contribution in [0, 0.1) is 5.82 Å². The van der Waals surface area contributed by atoms with Gasteiger partial charge in [-0.3, -0.25) is 0 Å². The first-order valence-electron chi connectivity index (χ1n) is 6.83. The lowest BCUT2D eigenvalue weighted by Crippen LogP contribution is -2.22. The number of ether oxygens (including phenoxy) is 2. The molecule has 0 aliphatic heterocycles. The van der Waals surface area contributed by atoms with Gasteiger partial charge in [0.1, 0.15) is 11.6 Å². The summed E-state index contributed by atoms with van der Waals surface area (Å²) in [5.74, 6) is 0.493. The van der Waals surface area contributed by atoms with Gasteiger partial charge >= 0.3 is 0 Å². The van der Waals surface area contributed by atoms with Gasteiger partial charge < -0.3 is 15.2 Å². The van der Waals surface area contributed by atoms with E-state index in [2.05, 4.69) is 0 Å². The number of hydrogen-bond acceptors (Lipinski definition) is 3. The summed E-state index contributed by atoms with van der Waals surface area (Å²) in [5, 5.41) is 0. The van der Waals surface area contributed by atoms with Crippen LogP contribution in [0.4, 0.5) is 4.39 Å². The van der Waals surface area contributed by atoms with Crippen LogP contribution in [-0.2, 0) is 11.2 Å². The van der Waals surface area contributed by atoms with Crippen molar-refractivity contribution in [3.8, 4) is 5.75 Å². The Bertz CT molecular complexity index is 371. The van der Waals surface area contributed by atoms with E-state index in [4.69, 9.17) is 15.2 Å². The highest BCUT2D eigenvalue weighted by Gasteiger charge is 2.09. The quantitative estimate of drug-likeness (QED) is 0.701. The molecule has 1 rings (SSSR count). The fourth-order valence-corrected chi connectivity index (χ4v) is 1.81. The molecule has 0 radical (unpaired) electrons. The van der Waals surface area contributed by atoms with Crippen molar-refractivity contribution >= 4 is 0 Å². The molecule has 1 aromatic rings. The molecule has 0 bridgehead atoms. The molecule has 0 spiro atoms. The van der Waals surface area contributed by atoms with Gasteiger partial charge in [0, 0.05) is 19.8 Å². The van der Waals surface area contributed by atoms with E-state index in [0.717, 1.165) is 37.2 Å². The third-order valence-corrected chi connectivity index (χ3v) is 3.03. The van der Waals surface area contributed by atoms with E-state index >= 15 is 0 Å². The minimum Gasteiger partial charge on any atom is -0.493 e. The van der Waals surface area contributed by atoms with Crippen LogP contribution in [0.2, 0.25) is 0 Å². The van der Waals surface area contributed by atoms with Crippen LogP contribution < -0.4 is 10.5 Å². The Labute approximate surface area is 114 Å². The van der Waals surface area contributed by atoms with Gasteiger partial charge in [-0.1, -0.05) is 6.92 Å². The molecule has 2 N–H and O–H groups in total. The average Bonchev–Trinajstić information content (AvgIpc) is 2.40. The van der Waals surface area contributed by atoms with E-state index in [1.807, 2.05) is 6.92 Å². The van der Waals surface area contributed by atoms with Crippen LogP contribution in [0.15, 0.2) is 18.2 Å². The maximum atomic E-state index is 13.3. The van der Waals surface area contributed by atoms with Crippen molar-refractivity contribution in [3.05, 3.63) is 29.6 Å². The van der Waals surface area contributed by atoms with Gasteiger partial charge in [-0.15, -0.1) is 0 Å². The maximum Gasteiger partial charge on any atom is 0.123 e. The zero-order valence-corrected chi connectivity index (χ0v) is 11.8. The van der Waals surface area contributed by atoms with Crippen LogP contribution in [0.1, 0.15) is 31.7 Å². The molecule has 0 saturated carbocycles. The highest BCUT2D eigenvalue weighted by molar-refractivity contribution is 5.34. The van der Waals surface area contributed by atoms with Crippen molar-refractivity contribution in [2.24, 2.45) is 5.73 Å². The van der Waals surface area contributed by atoms with Crippen molar-refractivity contribution in [1.29, 1.82) is 0 Å². The summed E-state index contributed by atoms with van der Waals surface area (Å²) in [5.41, 5.74) is 6.77. The molecule has 0 aliphatic rings. The van der Waals surface area contributed by atoms with E-state index in [1.54, 1.807) is 13.2 Å². The van der Waals surface area contributed by atoms with E-state index in [-0.39, 0.29) is 11.9 Å². The van der Waals surface area contributed by atoms with Gasteiger partial charge in [-0.2, -0.15) is 0 Å². The van der Waals surface area contributed by atoms with Gasteiger partial charge in [-0.05, 0) is 49.4 Å². The number of hydrogen-bond donors (Lipinski definition) is 1. The molecule has 0 heterocycles. The molecule has 4 heteroatoms. The number of nitrogens with two attached hydrogens (primary N) is 1. The minimum atomic E-state index is -0.245. The Morgan fingerprint density at radius 3 is 2.68 bits per heavy atom. The Morgan fingerprint density at radius 2 is 2.00 bits per heavy atom. The summed E-state index contributed by atoms with van der Waals surface area (Å²) >= 11 is 0. The molecule has 1 atom stereocenters. The molecular formula is C15H24FNO2. The second-order valence-corrected chi connectivity index (χ2v) is 4.67. The predicted molar refractivity (Wildman–Crippen MR) is 75.0 cm³/mol. The standard InChI is InChI=1S/C15H24FNO2/c1-3-14(17)11-12-10-13(16)6-7-15(12)19-9-5-4-8-18-2/h6-7,10,14H,3-5,8-9,11,17H2,1-2H3. The van der Waals surface area contributed by atoms with Gasteiger partial charge in [-0.25, -0.2) is 4.39 Å². The summed E-state index contributed by atoms with van der Waals surface area (Å²) in [4.78, 5) is 0. The van der Waals surface area contributed by atoms with Crippen molar-refractivity contribution in [1.82, 2.24) is 0 Å². The topological polar surface area (TPSA) is 44.5 Å². The Kier molecular flexibility index (Phi) is 7.45. The molecule has 1 unspecified atom stereocenters. The van der Waals surface area contributed by atoms with Crippen molar-refractivity contribution in [2.45, 2.75) is 38.6 Å². The maximum absolute atomic E-state index is 13.3. The molecule has 3 nitrogen and oxygen atoms in total. The monoisotopic (exact) mass is 269 g/mol. The smallest absolute Gasteiger partial charge is 0.123 e. The average molecular weight is 269 g/mol. The van der Waals surface area contributed by atoms with Gasteiger partial charge in [0.05, 0.1) is 6.61 Å². The van der Waals surface area contributed by atoms with E-state index in [1.165, 1.54) is 12.1 Å². The Hall–Kier alpha value is -1.13. The largest absolute Gasteiger partial charge is 0.493 e. The van der Waals surface area contributed by atoms with Gasteiger partial charge in [0.25, 0.3) is 0 Å². The van der Waals surface area contributed by atoms with E-state index in [0.29, 0.717) is 13.0 Å². The molecule has 19 heavy (non-hydrogen) atoms. The SMILES string of the molecule is CCC(N)Cc1cc(F)ccc1OCCCCOC. The second kappa shape index (κ2) is 8.88. The lowest BCUT2D eigenvalue weighted by atomic mass is 10.0. The first kappa shape index (κ1) is 15.9. The van der Waals surface area contributed by atoms with Crippen molar-refractivity contribution in [2.75, 3.05) is 20.3 Å². The summed E-state index contributed by atoms with van der Waals surface area (Å²) in [7, 11) is 1.69. The van der Waals surface area contributed by atoms with E-state index < -0.39 is 0 Å². The van der Waals surface area contributed by atoms with Crippen LogP contribution in [0.5, 0.6) is 5.75 Å². The lowest BCUT2D eigenvalue weighted by Gasteiger charge is -2.14. The minimum absolute atomic E-state index is 0.0395. The molecule has 108 valence electrons. The molecule has 0 saturated heterocycles. The van der Waals surface area contributed by atoms with Crippen LogP contribution in [0.3, 0.4) is 0 Å². The molecule has 0 aliphatic carbocycles. The fourth-order valence-electron chi connectivity index (χ4n) is 1.81. The van der Waals surface area contributed by atoms with E-state index in [9.17, 15) is 4.39 Å². The first-order chi connectivity index (χ1) is 9.17. The van der Waals surface area contributed by atoms with Crippen molar-refractivity contribution in [3.63, 3.8) is 0 Å². The second-order valence-electron chi connectivity index (χ2n) is 4.67. The summed E-state index contributed by atoms with van der Waals surface area (Å²) in [6.45, 7) is 3.37. The Balaban J connectivity index is 2.55. The predicted octanol–water partition coefficient (Wildman–Crippen LogP) is 2.91. The third-order valence-electron chi connectivity index (χ3n) is 3.03. The van der Waals surface area contributed by atoms with Crippen LogP contribution in [0.25, 0.3) is 0 Å². The summed E-state index contributed by atoms with van der Waals surface area (Å²) < 4.78 is 24.0. The van der Waals surface area contributed by atoms with Gasteiger partial charge in [0.2, 0.25) is 0 Å². The van der Waals surface area contributed by atoms with Crippen LogP contribution in [-0.4, -0.2) is 26.4 Å². The number of unbranched alkanes of at least 4 members (excludes halogenated alkanes) is 1. The van der Waals surface area contributed by atoms with Crippen LogP contribution >= 0.6 is 0 Å². The third kappa shape index (κ3) is 6.03. The number of methoxy groups -OCH3 is 1. The lowest BCUT2D eigenvalue weighted by molar-refractivity contribution is 0.184. The molecule has 0 aromatic heterocycles. The van der Waals surface area contributed by atoms with Gasteiger partial charge in [0.15, 0.2) is 0 Å². The number of benzene rings is 1.